The van der Waals surface area contributed by atoms with Gasteiger partial charge in [0.15, 0.2) is 0 Å². The highest BCUT2D eigenvalue weighted by Gasteiger charge is 2.16. The lowest BCUT2D eigenvalue weighted by Crippen LogP contribution is -2.29. The molecule has 1 amide bonds. The van der Waals surface area contributed by atoms with Gasteiger partial charge in [-0.25, -0.2) is 0 Å². The molecule has 1 aromatic carbocycles. The smallest absolute Gasteiger partial charge is 0.234 e. The van der Waals surface area contributed by atoms with Crippen LogP contribution in [-0.2, 0) is 4.79 Å². The Morgan fingerprint density at radius 1 is 1.00 bits per heavy atom. The minimum absolute atomic E-state index is 0.00673. The number of piperidine rings is 1. The van der Waals surface area contributed by atoms with Crippen LogP contribution in [0.5, 0.6) is 0 Å². The number of nitrogens with one attached hydrogen (secondary N) is 1. The van der Waals surface area contributed by atoms with Gasteiger partial charge in [-0.15, -0.1) is 0 Å². The highest BCUT2D eigenvalue weighted by molar-refractivity contribution is 8.23. The normalized spacial score (nSPS) is 17.8. The van der Waals surface area contributed by atoms with Gasteiger partial charge in [0, 0.05) is 37.6 Å². The van der Waals surface area contributed by atoms with E-state index >= 15 is 0 Å². The van der Waals surface area contributed by atoms with Crippen LogP contribution in [0, 0.1) is 0 Å². The quantitative estimate of drug-likeness (QED) is 0.825. The first-order chi connectivity index (χ1) is 11.7. The molecular formula is C18H25N3OS2. The van der Waals surface area contributed by atoms with E-state index in [4.69, 9.17) is 12.2 Å². The highest BCUT2D eigenvalue weighted by Crippen LogP contribution is 2.22. The third-order valence-corrected chi connectivity index (χ3v) is 6.09. The van der Waals surface area contributed by atoms with E-state index in [-0.39, 0.29) is 5.91 Å². The maximum absolute atomic E-state index is 12.1. The third kappa shape index (κ3) is 4.86. The van der Waals surface area contributed by atoms with E-state index in [9.17, 15) is 4.79 Å². The fourth-order valence-corrected chi connectivity index (χ4v) is 4.27. The number of likely N-dealkylation sites (tertiary alicyclic amines) is 1. The molecule has 1 N–H and O–H groups in total. The van der Waals surface area contributed by atoms with E-state index in [0.29, 0.717) is 5.75 Å². The molecule has 0 saturated carbocycles. The molecule has 2 fully saturated rings. The predicted octanol–water partition coefficient (Wildman–Crippen LogP) is 3.73. The number of thiocarbonyl (C=S) groups is 1. The molecule has 0 atom stereocenters. The van der Waals surface area contributed by atoms with Crippen molar-refractivity contribution in [2.24, 2.45) is 0 Å². The molecule has 0 unspecified atom stereocenters. The number of amides is 1. The number of hydrogen-bond donors (Lipinski definition) is 1. The molecular weight excluding hydrogens is 338 g/mol. The Morgan fingerprint density at radius 2 is 1.62 bits per heavy atom. The summed E-state index contributed by atoms with van der Waals surface area (Å²) in [4.78, 5) is 16.7. The lowest BCUT2D eigenvalue weighted by Gasteiger charge is -2.28. The Balaban J connectivity index is 1.44. The predicted molar refractivity (Wildman–Crippen MR) is 107 cm³/mol. The van der Waals surface area contributed by atoms with Crippen molar-refractivity contribution in [3.05, 3.63) is 24.3 Å². The molecule has 2 aliphatic heterocycles. The zero-order valence-electron chi connectivity index (χ0n) is 14.0. The molecule has 6 heteroatoms. The first kappa shape index (κ1) is 17.5. The Hall–Kier alpha value is -1.27. The van der Waals surface area contributed by atoms with Crippen molar-refractivity contribution in [2.75, 3.05) is 42.1 Å². The number of anilines is 2. The molecule has 0 spiro atoms. The maximum atomic E-state index is 12.1. The fourth-order valence-electron chi connectivity index (χ4n) is 3.22. The van der Waals surface area contributed by atoms with Crippen molar-refractivity contribution in [1.29, 1.82) is 0 Å². The lowest BCUT2D eigenvalue weighted by atomic mass is 10.1. The van der Waals surface area contributed by atoms with Crippen molar-refractivity contribution in [3.8, 4) is 0 Å². The van der Waals surface area contributed by atoms with Gasteiger partial charge < -0.3 is 15.1 Å². The molecule has 130 valence electrons. The summed E-state index contributed by atoms with van der Waals surface area (Å²) in [6, 6.07) is 8.18. The molecule has 2 aliphatic rings. The van der Waals surface area contributed by atoms with Crippen molar-refractivity contribution >= 4 is 45.6 Å². The van der Waals surface area contributed by atoms with Crippen LogP contribution in [-0.4, -0.2) is 47.1 Å². The van der Waals surface area contributed by atoms with Crippen molar-refractivity contribution < 1.29 is 4.79 Å². The van der Waals surface area contributed by atoms with Gasteiger partial charge in [0.1, 0.15) is 4.32 Å². The number of carbonyl (C=O) groups excluding carboxylic acids is 1. The summed E-state index contributed by atoms with van der Waals surface area (Å²) in [5, 5.41) is 2.96. The summed E-state index contributed by atoms with van der Waals surface area (Å²) in [7, 11) is 0. The van der Waals surface area contributed by atoms with Crippen LogP contribution in [0.25, 0.3) is 0 Å². The van der Waals surface area contributed by atoms with Crippen LogP contribution in [0.3, 0.4) is 0 Å². The van der Waals surface area contributed by atoms with E-state index in [1.54, 1.807) is 0 Å². The number of hydrogen-bond acceptors (Lipinski definition) is 4. The number of rotatable bonds is 4. The van der Waals surface area contributed by atoms with E-state index in [1.165, 1.54) is 49.6 Å². The van der Waals surface area contributed by atoms with Crippen molar-refractivity contribution in [2.45, 2.75) is 32.1 Å². The summed E-state index contributed by atoms with van der Waals surface area (Å²) in [5.41, 5.74) is 2.10. The summed E-state index contributed by atoms with van der Waals surface area (Å²) in [6.45, 7) is 4.34. The topological polar surface area (TPSA) is 35.6 Å². The van der Waals surface area contributed by atoms with Crippen molar-refractivity contribution in [1.82, 2.24) is 4.90 Å². The van der Waals surface area contributed by atoms with Crippen molar-refractivity contribution in [3.63, 3.8) is 0 Å². The second kappa shape index (κ2) is 8.72. The molecule has 2 saturated heterocycles. The third-order valence-electron chi connectivity index (χ3n) is 4.56. The fraction of sp³-hybridized carbons (Fsp3) is 0.556. The summed E-state index contributed by atoms with van der Waals surface area (Å²) >= 11 is 6.85. The van der Waals surface area contributed by atoms with Gasteiger partial charge in [-0.1, -0.05) is 24.0 Å². The molecule has 1 aromatic rings. The lowest BCUT2D eigenvalue weighted by molar-refractivity contribution is -0.113. The SMILES string of the molecule is O=C(CSC(=S)N1CCCC1)Nc1ccc(N2CCCCC2)cc1. The molecule has 2 heterocycles. The molecule has 0 bridgehead atoms. The Bertz CT molecular complexity index is 564. The second-order valence-electron chi connectivity index (χ2n) is 6.39. The molecule has 3 rings (SSSR count). The Morgan fingerprint density at radius 3 is 2.29 bits per heavy atom. The maximum Gasteiger partial charge on any atom is 0.234 e. The van der Waals surface area contributed by atoms with E-state index in [1.807, 2.05) is 12.1 Å². The van der Waals surface area contributed by atoms with Crippen LogP contribution < -0.4 is 10.2 Å². The minimum atomic E-state index is 0.00673. The average Bonchev–Trinajstić information content (AvgIpc) is 3.16. The Labute approximate surface area is 154 Å². The first-order valence-electron chi connectivity index (χ1n) is 8.79. The summed E-state index contributed by atoms with van der Waals surface area (Å²) < 4.78 is 0.850. The van der Waals surface area contributed by atoms with Gasteiger partial charge in [0.25, 0.3) is 0 Å². The molecule has 0 aromatic heterocycles. The monoisotopic (exact) mass is 363 g/mol. The van der Waals surface area contributed by atoms with E-state index < -0.39 is 0 Å². The zero-order valence-corrected chi connectivity index (χ0v) is 15.6. The Kier molecular flexibility index (Phi) is 6.37. The first-order valence-corrected chi connectivity index (χ1v) is 10.2. The standard InChI is InChI=1S/C18H25N3OS2/c22-17(14-24-18(23)21-12-4-5-13-21)19-15-6-8-16(9-7-15)20-10-2-1-3-11-20/h6-9H,1-5,10-14H2,(H,19,22). The molecule has 0 aliphatic carbocycles. The van der Waals surface area contributed by atoms with Gasteiger partial charge in [-0.3, -0.25) is 4.79 Å². The van der Waals surface area contributed by atoms with Crippen LogP contribution in [0.4, 0.5) is 11.4 Å². The highest BCUT2D eigenvalue weighted by atomic mass is 32.2. The van der Waals surface area contributed by atoms with Gasteiger partial charge in [0.05, 0.1) is 5.75 Å². The molecule has 24 heavy (non-hydrogen) atoms. The molecule has 0 radical (unpaired) electrons. The van der Waals surface area contributed by atoms with Gasteiger partial charge in [0.2, 0.25) is 5.91 Å². The van der Waals surface area contributed by atoms with E-state index in [0.717, 1.165) is 36.2 Å². The van der Waals surface area contributed by atoms with Crippen LogP contribution in [0.1, 0.15) is 32.1 Å². The number of thioether (sulfide) groups is 1. The van der Waals surface area contributed by atoms with E-state index in [2.05, 4.69) is 27.2 Å². The van der Waals surface area contributed by atoms with Crippen LogP contribution in [0.15, 0.2) is 24.3 Å². The average molecular weight is 364 g/mol. The number of carbonyl (C=O) groups is 1. The number of benzene rings is 1. The van der Waals surface area contributed by atoms with Crippen LogP contribution in [0.2, 0.25) is 0 Å². The largest absolute Gasteiger partial charge is 0.372 e. The summed E-state index contributed by atoms with van der Waals surface area (Å²) in [6.07, 6.45) is 6.29. The second-order valence-corrected chi connectivity index (χ2v) is 8.00. The molecule has 4 nitrogen and oxygen atoms in total. The van der Waals surface area contributed by atoms with Gasteiger partial charge in [-0.2, -0.15) is 0 Å². The minimum Gasteiger partial charge on any atom is -0.372 e. The van der Waals surface area contributed by atoms with Gasteiger partial charge in [-0.05, 0) is 56.4 Å². The number of nitrogens with zero attached hydrogens (tertiary/aromatic N) is 2. The summed E-state index contributed by atoms with van der Waals surface area (Å²) in [5.74, 6) is 0.385. The van der Waals surface area contributed by atoms with Gasteiger partial charge >= 0.3 is 0 Å². The zero-order chi connectivity index (χ0) is 16.8. The van der Waals surface area contributed by atoms with Crippen LogP contribution >= 0.6 is 24.0 Å².